The zero-order valence-electron chi connectivity index (χ0n) is 13.1. The maximum Gasteiger partial charge on any atom is 0.253 e. The molecule has 1 heterocycles. The van der Waals surface area contributed by atoms with E-state index in [9.17, 15) is 4.79 Å². The number of fused-ring (bicyclic) bond motifs is 1. The van der Waals surface area contributed by atoms with E-state index in [-0.39, 0.29) is 12.5 Å². The molecule has 0 unspecified atom stereocenters. The van der Waals surface area contributed by atoms with Crippen LogP contribution in [0.15, 0.2) is 24.3 Å². The molecule has 1 amide bonds. The minimum atomic E-state index is -0.116. The minimum absolute atomic E-state index is 0.0216. The lowest BCUT2D eigenvalue weighted by molar-refractivity contribution is 0.0867. The number of hydrogen-bond donors (Lipinski definition) is 2. The molecule has 2 rings (SSSR count). The van der Waals surface area contributed by atoms with Gasteiger partial charge >= 0.3 is 0 Å². The highest BCUT2D eigenvalue weighted by Crippen LogP contribution is 2.17. The molecule has 22 heavy (non-hydrogen) atoms. The summed E-state index contributed by atoms with van der Waals surface area (Å²) < 4.78 is 5.15. The van der Waals surface area contributed by atoms with Crippen LogP contribution in [0.5, 0.6) is 0 Å². The summed E-state index contributed by atoms with van der Waals surface area (Å²) in [6.45, 7) is 5.29. The Bertz CT molecular complexity index is 656. The van der Waals surface area contributed by atoms with E-state index in [2.05, 4.69) is 10.3 Å². The molecule has 0 aliphatic carbocycles. The van der Waals surface area contributed by atoms with Crippen LogP contribution in [0.25, 0.3) is 10.9 Å². The van der Waals surface area contributed by atoms with Gasteiger partial charge in [-0.2, -0.15) is 0 Å². The highest BCUT2D eigenvalue weighted by atomic mass is 16.5. The van der Waals surface area contributed by atoms with Crippen molar-refractivity contribution in [2.45, 2.75) is 20.3 Å². The molecule has 0 aliphatic heterocycles. The molecule has 5 nitrogen and oxygen atoms in total. The van der Waals surface area contributed by atoms with E-state index in [4.69, 9.17) is 9.84 Å². The number of hydrogen-bond acceptors (Lipinski definition) is 4. The number of aliphatic hydroxyl groups is 1. The Kier molecular flexibility index (Phi) is 5.86. The van der Waals surface area contributed by atoms with Gasteiger partial charge in [0.15, 0.2) is 0 Å². The molecule has 0 fully saturated rings. The van der Waals surface area contributed by atoms with Gasteiger partial charge in [-0.3, -0.25) is 9.78 Å². The summed E-state index contributed by atoms with van der Waals surface area (Å²) in [4.78, 5) is 16.7. The maximum absolute atomic E-state index is 12.2. The van der Waals surface area contributed by atoms with Crippen molar-refractivity contribution in [2.75, 3.05) is 26.4 Å². The lowest BCUT2D eigenvalue weighted by Gasteiger charge is -2.09. The number of aliphatic hydroxyl groups excluding tert-OH is 1. The second-order valence-electron chi connectivity index (χ2n) is 5.26. The van der Waals surface area contributed by atoms with E-state index in [1.807, 2.05) is 38.1 Å². The topological polar surface area (TPSA) is 71.5 Å². The fourth-order valence-electron chi connectivity index (χ4n) is 2.24. The molecule has 1 aromatic heterocycles. The largest absolute Gasteiger partial charge is 0.394 e. The van der Waals surface area contributed by atoms with Crippen molar-refractivity contribution in [3.05, 3.63) is 41.1 Å². The number of amides is 1. The van der Waals surface area contributed by atoms with E-state index < -0.39 is 0 Å². The van der Waals surface area contributed by atoms with Crippen LogP contribution in [0.1, 0.15) is 28.0 Å². The molecule has 0 saturated carbocycles. The zero-order chi connectivity index (χ0) is 15.9. The van der Waals surface area contributed by atoms with Crippen LogP contribution in [-0.4, -0.2) is 42.4 Å². The zero-order valence-corrected chi connectivity index (χ0v) is 13.1. The Balaban J connectivity index is 1.99. The highest BCUT2D eigenvalue weighted by Gasteiger charge is 2.11. The number of nitrogens with zero attached hydrogens (tertiary/aromatic N) is 1. The van der Waals surface area contributed by atoms with Crippen LogP contribution < -0.4 is 5.32 Å². The molecule has 0 radical (unpaired) electrons. The van der Waals surface area contributed by atoms with E-state index in [0.29, 0.717) is 31.7 Å². The van der Waals surface area contributed by atoms with Crippen molar-refractivity contribution >= 4 is 16.8 Å². The molecule has 5 heteroatoms. The third-order valence-corrected chi connectivity index (χ3v) is 3.39. The van der Waals surface area contributed by atoms with Gasteiger partial charge in [0.1, 0.15) is 0 Å². The Morgan fingerprint density at radius 2 is 2.09 bits per heavy atom. The first kappa shape index (κ1) is 16.4. The number of carbonyl (C=O) groups excluding carboxylic acids is 1. The quantitative estimate of drug-likeness (QED) is 0.767. The number of aromatic nitrogens is 1. The van der Waals surface area contributed by atoms with Crippen molar-refractivity contribution in [3.8, 4) is 0 Å². The number of rotatable bonds is 7. The molecular formula is C17H22N2O3. The first-order chi connectivity index (χ1) is 10.6. The first-order valence-electron chi connectivity index (χ1n) is 7.46. The first-order valence-corrected chi connectivity index (χ1v) is 7.46. The molecule has 0 bridgehead atoms. The Morgan fingerprint density at radius 3 is 2.86 bits per heavy atom. The summed E-state index contributed by atoms with van der Waals surface area (Å²) in [5, 5.41) is 12.4. The maximum atomic E-state index is 12.2. The molecule has 0 atom stereocenters. The lowest BCUT2D eigenvalue weighted by Crippen LogP contribution is -2.26. The second-order valence-corrected chi connectivity index (χ2v) is 5.26. The highest BCUT2D eigenvalue weighted by molar-refractivity contribution is 5.98. The van der Waals surface area contributed by atoms with Crippen molar-refractivity contribution in [1.82, 2.24) is 10.3 Å². The molecule has 2 aromatic rings. The van der Waals surface area contributed by atoms with Gasteiger partial charge in [-0.05, 0) is 38.0 Å². The minimum Gasteiger partial charge on any atom is -0.394 e. The van der Waals surface area contributed by atoms with Crippen molar-refractivity contribution in [1.29, 1.82) is 0 Å². The molecule has 0 aliphatic rings. The van der Waals surface area contributed by atoms with Crippen LogP contribution >= 0.6 is 0 Å². The predicted molar refractivity (Wildman–Crippen MR) is 86.1 cm³/mol. The SMILES string of the molecule is Cc1ccc2cc(C(=O)NCCCOCCO)c(C)nc2c1. The van der Waals surface area contributed by atoms with E-state index >= 15 is 0 Å². The van der Waals surface area contributed by atoms with Crippen molar-refractivity contribution in [2.24, 2.45) is 0 Å². The van der Waals surface area contributed by atoms with Gasteiger partial charge in [0.05, 0.1) is 30.0 Å². The third kappa shape index (κ3) is 4.26. The summed E-state index contributed by atoms with van der Waals surface area (Å²) in [5.41, 5.74) is 3.39. The van der Waals surface area contributed by atoms with Crippen LogP contribution in [0.2, 0.25) is 0 Å². The van der Waals surface area contributed by atoms with Gasteiger partial charge in [-0.1, -0.05) is 12.1 Å². The van der Waals surface area contributed by atoms with Crippen molar-refractivity contribution in [3.63, 3.8) is 0 Å². The summed E-state index contributed by atoms with van der Waals surface area (Å²) >= 11 is 0. The van der Waals surface area contributed by atoms with Gasteiger partial charge < -0.3 is 15.2 Å². The smallest absolute Gasteiger partial charge is 0.253 e. The molecule has 118 valence electrons. The number of benzene rings is 1. The van der Waals surface area contributed by atoms with E-state index in [0.717, 1.165) is 22.2 Å². The second kappa shape index (κ2) is 7.87. The number of carbonyl (C=O) groups is 1. The molecule has 1 aromatic carbocycles. The predicted octanol–water partition coefficient (Wildman–Crippen LogP) is 1.98. The molecule has 0 spiro atoms. The normalized spacial score (nSPS) is 10.9. The van der Waals surface area contributed by atoms with Gasteiger partial charge in [0.25, 0.3) is 5.91 Å². The molecule has 2 N–H and O–H groups in total. The average molecular weight is 302 g/mol. The summed E-state index contributed by atoms with van der Waals surface area (Å²) in [6, 6.07) is 7.90. The van der Waals surface area contributed by atoms with Gasteiger partial charge in [0.2, 0.25) is 0 Å². The van der Waals surface area contributed by atoms with E-state index in [1.54, 1.807) is 0 Å². The Morgan fingerprint density at radius 1 is 1.27 bits per heavy atom. The third-order valence-electron chi connectivity index (χ3n) is 3.39. The van der Waals surface area contributed by atoms with Gasteiger partial charge in [-0.15, -0.1) is 0 Å². The van der Waals surface area contributed by atoms with Gasteiger partial charge in [-0.25, -0.2) is 0 Å². The van der Waals surface area contributed by atoms with Crippen LogP contribution in [-0.2, 0) is 4.74 Å². The van der Waals surface area contributed by atoms with Crippen LogP contribution in [0, 0.1) is 13.8 Å². The Labute approximate surface area is 130 Å². The molecular weight excluding hydrogens is 280 g/mol. The standard InChI is InChI=1S/C17H22N2O3/c1-12-4-5-14-11-15(13(2)19-16(14)10-12)17(21)18-6-3-8-22-9-7-20/h4-5,10-11,20H,3,6-9H2,1-2H3,(H,18,21). The lowest BCUT2D eigenvalue weighted by atomic mass is 10.1. The number of ether oxygens (including phenoxy) is 1. The average Bonchev–Trinajstić information content (AvgIpc) is 2.49. The van der Waals surface area contributed by atoms with Crippen molar-refractivity contribution < 1.29 is 14.6 Å². The monoisotopic (exact) mass is 302 g/mol. The number of nitrogens with one attached hydrogen (secondary N) is 1. The summed E-state index contributed by atoms with van der Waals surface area (Å²) in [6.07, 6.45) is 0.713. The summed E-state index contributed by atoms with van der Waals surface area (Å²) in [5.74, 6) is -0.116. The Hall–Kier alpha value is -1.98. The van der Waals surface area contributed by atoms with Crippen LogP contribution in [0.4, 0.5) is 0 Å². The fourth-order valence-corrected chi connectivity index (χ4v) is 2.24. The van der Waals surface area contributed by atoms with Gasteiger partial charge in [0, 0.05) is 18.5 Å². The summed E-state index contributed by atoms with van der Waals surface area (Å²) in [7, 11) is 0. The fraction of sp³-hybridized carbons (Fsp3) is 0.412. The van der Waals surface area contributed by atoms with E-state index in [1.165, 1.54) is 0 Å². The molecule has 0 saturated heterocycles. The number of pyridine rings is 1. The van der Waals surface area contributed by atoms with Crippen LogP contribution in [0.3, 0.4) is 0 Å². The number of aryl methyl sites for hydroxylation is 2.